The van der Waals surface area contributed by atoms with Crippen molar-refractivity contribution >= 4 is 29.1 Å². The number of benzene rings is 1. The van der Waals surface area contributed by atoms with Crippen LogP contribution in [0, 0.1) is 0 Å². The molecule has 0 radical (unpaired) electrons. The maximum absolute atomic E-state index is 10.8. The first kappa shape index (κ1) is 13.8. The van der Waals surface area contributed by atoms with Crippen LogP contribution in [0.5, 0.6) is 0 Å². The molecule has 0 spiro atoms. The maximum Gasteiger partial charge on any atom is 0.404 e. The first-order chi connectivity index (χ1) is 9.06. The zero-order valence-electron chi connectivity index (χ0n) is 10.2. The summed E-state index contributed by atoms with van der Waals surface area (Å²) < 4.78 is 5.37. The minimum Gasteiger partial charge on any atom is -0.465 e. The van der Waals surface area contributed by atoms with E-state index in [0.29, 0.717) is 30.3 Å². The highest BCUT2D eigenvalue weighted by Gasteiger charge is 2.27. The molecule has 0 unspecified atom stereocenters. The Labute approximate surface area is 115 Å². The first-order valence-electron chi connectivity index (χ1n) is 5.95. The van der Waals surface area contributed by atoms with E-state index in [1.807, 2.05) is 0 Å². The molecule has 1 heterocycles. The maximum atomic E-state index is 10.8. The van der Waals surface area contributed by atoms with Crippen LogP contribution in [0.4, 0.5) is 16.2 Å². The lowest BCUT2D eigenvalue weighted by molar-refractivity contribution is 0.0675. The van der Waals surface area contributed by atoms with Gasteiger partial charge in [-0.2, -0.15) is 0 Å². The summed E-state index contributed by atoms with van der Waals surface area (Å²) in [5, 5.41) is 15.1. The molecular formula is C12H16ClN3O3. The van der Waals surface area contributed by atoms with Crippen LogP contribution in [0.3, 0.4) is 0 Å². The van der Waals surface area contributed by atoms with E-state index in [1.165, 1.54) is 0 Å². The fourth-order valence-corrected chi connectivity index (χ4v) is 2.26. The highest BCUT2D eigenvalue weighted by molar-refractivity contribution is 6.31. The molecule has 1 aromatic rings. The van der Waals surface area contributed by atoms with Crippen LogP contribution in [0.2, 0.25) is 5.02 Å². The van der Waals surface area contributed by atoms with Gasteiger partial charge in [-0.05, 0) is 24.6 Å². The molecule has 5 N–H and O–H groups in total. The van der Waals surface area contributed by atoms with E-state index in [-0.39, 0.29) is 12.1 Å². The van der Waals surface area contributed by atoms with E-state index in [9.17, 15) is 4.79 Å². The lowest BCUT2D eigenvalue weighted by Crippen LogP contribution is -2.51. The lowest BCUT2D eigenvalue weighted by atomic mass is 10.0. The summed E-state index contributed by atoms with van der Waals surface area (Å²) in [6, 6.07) is 4.77. The number of halogens is 1. The smallest absolute Gasteiger partial charge is 0.404 e. The van der Waals surface area contributed by atoms with Crippen molar-refractivity contribution in [1.82, 2.24) is 5.32 Å². The van der Waals surface area contributed by atoms with Crippen LogP contribution in [-0.2, 0) is 4.74 Å². The number of rotatable bonds is 3. The van der Waals surface area contributed by atoms with Crippen molar-refractivity contribution in [2.24, 2.45) is 0 Å². The van der Waals surface area contributed by atoms with Crippen LogP contribution < -0.4 is 16.4 Å². The van der Waals surface area contributed by atoms with Crippen molar-refractivity contribution in [3.63, 3.8) is 0 Å². The average molecular weight is 286 g/mol. The molecule has 0 aromatic heterocycles. The summed E-state index contributed by atoms with van der Waals surface area (Å²) in [7, 11) is 0. The highest BCUT2D eigenvalue weighted by Crippen LogP contribution is 2.24. The van der Waals surface area contributed by atoms with Gasteiger partial charge in [0.25, 0.3) is 0 Å². The third-order valence-corrected chi connectivity index (χ3v) is 3.25. The fourth-order valence-electron chi connectivity index (χ4n) is 2.08. The molecule has 0 bridgehead atoms. The molecule has 2 rings (SSSR count). The number of carbonyl (C=O) groups is 1. The molecule has 1 saturated heterocycles. The van der Waals surface area contributed by atoms with Gasteiger partial charge >= 0.3 is 6.09 Å². The SMILES string of the molecule is Nc1cc(Cl)ccc1N[C@@H]1COCC[C@H]1NC(=O)O. The molecule has 1 amide bonds. The summed E-state index contributed by atoms with van der Waals surface area (Å²) >= 11 is 5.83. The average Bonchev–Trinajstić information content (AvgIpc) is 2.34. The van der Waals surface area contributed by atoms with Crippen molar-refractivity contribution in [1.29, 1.82) is 0 Å². The zero-order chi connectivity index (χ0) is 13.8. The molecule has 6 nitrogen and oxygen atoms in total. The number of carboxylic acid groups (broad SMARTS) is 1. The molecule has 2 atom stereocenters. The number of hydrogen-bond donors (Lipinski definition) is 4. The van der Waals surface area contributed by atoms with E-state index in [4.69, 9.17) is 27.2 Å². The van der Waals surface area contributed by atoms with E-state index in [1.54, 1.807) is 18.2 Å². The second-order valence-corrected chi connectivity index (χ2v) is 4.84. The van der Waals surface area contributed by atoms with E-state index >= 15 is 0 Å². The number of anilines is 2. The standard InChI is InChI=1S/C12H16ClN3O3/c13-7-1-2-9(8(14)5-7)15-11-6-19-4-3-10(11)16-12(17)18/h1-2,5,10-11,15-16H,3-4,6,14H2,(H,17,18)/t10-,11-/m1/s1. The van der Waals surface area contributed by atoms with E-state index in [0.717, 1.165) is 5.69 Å². The van der Waals surface area contributed by atoms with Crippen LogP contribution in [0.1, 0.15) is 6.42 Å². The van der Waals surface area contributed by atoms with E-state index < -0.39 is 6.09 Å². The van der Waals surface area contributed by atoms with E-state index in [2.05, 4.69) is 10.6 Å². The molecule has 7 heteroatoms. The van der Waals surface area contributed by atoms with Gasteiger partial charge in [0.1, 0.15) is 0 Å². The summed E-state index contributed by atoms with van der Waals surface area (Å²) in [5.74, 6) is 0. The van der Waals surface area contributed by atoms with Gasteiger partial charge in [0.15, 0.2) is 0 Å². The Hall–Kier alpha value is -1.66. The largest absolute Gasteiger partial charge is 0.465 e. The summed E-state index contributed by atoms with van der Waals surface area (Å²) in [6.07, 6.45) is -0.417. The topological polar surface area (TPSA) is 96.6 Å². The predicted molar refractivity (Wildman–Crippen MR) is 73.7 cm³/mol. The second-order valence-electron chi connectivity index (χ2n) is 4.40. The highest BCUT2D eigenvalue weighted by atomic mass is 35.5. The summed E-state index contributed by atoms with van der Waals surface area (Å²) in [5.41, 5.74) is 7.10. The van der Waals surface area contributed by atoms with Gasteiger partial charge in [-0.25, -0.2) is 4.79 Å². The molecule has 1 fully saturated rings. The molecule has 1 aromatic carbocycles. The van der Waals surface area contributed by atoms with Crippen LogP contribution in [-0.4, -0.2) is 36.5 Å². The number of nitrogen functional groups attached to an aromatic ring is 1. The molecule has 0 aliphatic carbocycles. The molecule has 0 saturated carbocycles. The van der Waals surface area contributed by atoms with Gasteiger partial charge in [0.05, 0.1) is 30.1 Å². The second kappa shape index (κ2) is 5.99. The van der Waals surface area contributed by atoms with Crippen molar-refractivity contribution in [3.8, 4) is 0 Å². The van der Waals surface area contributed by atoms with Gasteiger partial charge in [0.2, 0.25) is 0 Å². The monoisotopic (exact) mass is 285 g/mol. The van der Waals surface area contributed by atoms with Gasteiger partial charge in [-0.3, -0.25) is 0 Å². The number of nitrogens with two attached hydrogens (primary N) is 1. The Bertz CT molecular complexity index is 470. The number of nitrogens with one attached hydrogen (secondary N) is 2. The van der Waals surface area contributed by atoms with Gasteiger partial charge in [-0.1, -0.05) is 11.6 Å². The Morgan fingerprint density at radius 3 is 2.95 bits per heavy atom. The van der Waals surface area contributed by atoms with Crippen molar-refractivity contribution < 1.29 is 14.6 Å². The summed E-state index contributed by atoms with van der Waals surface area (Å²) in [6.45, 7) is 0.965. The summed E-state index contributed by atoms with van der Waals surface area (Å²) in [4.78, 5) is 10.8. The van der Waals surface area contributed by atoms with Crippen molar-refractivity contribution in [3.05, 3.63) is 23.2 Å². The van der Waals surface area contributed by atoms with Gasteiger partial charge in [-0.15, -0.1) is 0 Å². The third-order valence-electron chi connectivity index (χ3n) is 3.02. The minimum atomic E-state index is -1.04. The molecule has 1 aliphatic rings. The Balaban J connectivity index is 2.08. The van der Waals surface area contributed by atoms with Gasteiger partial charge < -0.3 is 26.2 Å². The Kier molecular flexibility index (Phi) is 4.34. The van der Waals surface area contributed by atoms with Crippen LogP contribution >= 0.6 is 11.6 Å². The Morgan fingerprint density at radius 2 is 2.26 bits per heavy atom. The molecular weight excluding hydrogens is 270 g/mol. The Morgan fingerprint density at radius 1 is 1.47 bits per heavy atom. The zero-order valence-corrected chi connectivity index (χ0v) is 11.0. The quantitative estimate of drug-likeness (QED) is 0.635. The first-order valence-corrected chi connectivity index (χ1v) is 6.33. The normalized spacial score (nSPS) is 22.8. The minimum absolute atomic E-state index is 0.159. The van der Waals surface area contributed by atoms with Crippen molar-refractivity contribution in [2.75, 3.05) is 24.3 Å². The number of hydrogen-bond acceptors (Lipinski definition) is 4. The molecule has 1 aliphatic heterocycles. The van der Waals surface area contributed by atoms with Gasteiger partial charge in [0, 0.05) is 11.6 Å². The molecule has 104 valence electrons. The fraction of sp³-hybridized carbons (Fsp3) is 0.417. The van der Waals surface area contributed by atoms with Crippen LogP contribution in [0.15, 0.2) is 18.2 Å². The van der Waals surface area contributed by atoms with Crippen molar-refractivity contribution in [2.45, 2.75) is 18.5 Å². The molecule has 19 heavy (non-hydrogen) atoms. The number of amides is 1. The third kappa shape index (κ3) is 3.65. The predicted octanol–water partition coefficient (Wildman–Crippen LogP) is 1.76. The van der Waals surface area contributed by atoms with Crippen LogP contribution in [0.25, 0.3) is 0 Å². The number of ether oxygens (including phenoxy) is 1. The lowest BCUT2D eigenvalue weighted by Gasteiger charge is -2.32.